The molecular weight excluding hydrogens is 266 g/mol. The van der Waals surface area contributed by atoms with Crippen molar-refractivity contribution in [1.82, 2.24) is 4.98 Å². The van der Waals surface area contributed by atoms with Crippen molar-refractivity contribution in [2.45, 2.75) is 32.1 Å². The molecule has 0 spiro atoms. The van der Waals surface area contributed by atoms with Crippen molar-refractivity contribution in [3.05, 3.63) is 39.7 Å². The molecule has 0 unspecified atom stereocenters. The third kappa shape index (κ3) is 2.45. The molecule has 2 aromatic rings. The van der Waals surface area contributed by atoms with Crippen LogP contribution in [0.2, 0.25) is 0 Å². The highest BCUT2D eigenvalue weighted by molar-refractivity contribution is 7.09. The third-order valence-corrected chi connectivity index (χ3v) is 4.95. The third-order valence-electron chi connectivity index (χ3n) is 4.19. The van der Waals surface area contributed by atoms with Gasteiger partial charge in [-0.3, -0.25) is 0 Å². The van der Waals surface area contributed by atoms with E-state index in [9.17, 15) is 0 Å². The van der Waals surface area contributed by atoms with Gasteiger partial charge in [0.05, 0.1) is 5.01 Å². The number of rotatable bonds is 3. The van der Waals surface area contributed by atoms with Crippen LogP contribution in [0.3, 0.4) is 0 Å². The number of aromatic nitrogens is 1. The summed E-state index contributed by atoms with van der Waals surface area (Å²) in [7, 11) is 2.08. The largest absolute Gasteiger partial charge is 0.330 e. The fourth-order valence-corrected chi connectivity index (χ4v) is 3.63. The molecule has 0 amide bonds. The van der Waals surface area contributed by atoms with E-state index in [2.05, 4.69) is 40.5 Å². The molecule has 0 saturated heterocycles. The smallest absolute Gasteiger partial charge is 0.144 e. The molecule has 1 atom stereocenters. The van der Waals surface area contributed by atoms with Crippen LogP contribution in [0.1, 0.15) is 34.9 Å². The molecule has 0 aliphatic heterocycles. The van der Waals surface area contributed by atoms with Crippen LogP contribution in [-0.2, 0) is 6.42 Å². The molecule has 1 aliphatic rings. The maximum atomic E-state index is 5.89. The van der Waals surface area contributed by atoms with Crippen LogP contribution in [0.4, 0.5) is 11.5 Å². The van der Waals surface area contributed by atoms with E-state index in [1.165, 1.54) is 36.1 Å². The Kier molecular flexibility index (Phi) is 3.76. The quantitative estimate of drug-likeness (QED) is 0.938. The van der Waals surface area contributed by atoms with E-state index in [0.717, 1.165) is 17.4 Å². The van der Waals surface area contributed by atoms with Gasteiger partial charge in [-0.15, -0.1) is 11.3 Å². The molecule has 1 aromatic heterocycles. The molecule has 1 aromatic carbocycles. The molecule has 0 saturated carbocycles. The minimum absolute atomic E-state index is 0.541. The highest BCUT2D eigenvalue weighted by Crippen LogP contribution is 2.34. The molecule has 1 heterocycles. The molecule has 0 radical (unpaired) electrons. The van der Waals surface area contributed by atoms with Gasteiger partial charge in [0, 0.05) is 18.1 Å². The summed E-state index contributed by atoms with van der Waals surface area (Å²) in [5, 5.41) is 3.21. The summed E-state index contributed by atoms with van der Waals surface area (Å²) in [4.78, 5) is 6.72. The first-order chi connectivity index (χ1) is 9.69. The SMILES string of the molecule is Cc1nc(N(C)c2ccc3c(c2)CCC[C@H]3CN)cs1. The zero-order chi connectivity index (χ0) is 14.1. The van der Waals surface area contributed by atoms with Crippen LogP contribution in [0, 0.1) is 6.92 Å². The molecular formula is C16H21N3S. The van der Waals surface area contributed by atoms with Gasteiger partial charge in [0.25, 0.3) is 0 Å². The molecule has 106 valence electrons. The first-order valence-electron chi connectivity index (χ1n) is 7.18. The van der Waals surface area contributed by atoms with Crippen molar-refractivity contribution < 1.29 is 0 Å². The highest BCUT2D eigenvalue weighted by atomic mass is 32.1. The van der Waals surface area contributed by atoms with Crippen molar-refractivity contribution >= 4 is 22.8 Å². The lowest BCUT2D eigenvalue weighted by Crippen LogP contribution is -2.19. The lowest BCUT2D eigenvalue weighted by molar-refractivity contribution is 0.561. The maximum Gasteiger partial charge on any atom is 0.144 e. The van der Waals surface area contributed by atoms with Crippen molar-refractivity contribution in [3.63, 3.8) is 0 Å². The molecule has 4 heteroatoms. The standard InChI is InChI=1S/C16H21N3S/c1-11-18-16(10-20-11)19(2)14-6-7-15-12(8-14)4-3-5-13(15)9-17/h6-8,10,13H,3-5,9,17H2,1-2H3/t13-/m0/s1. The molecule has 20 heavy (non-hydrogen) atoms. The van der Waals surface area contributed by atoms with Crippen LogP contribution >= 0.6 is 11.3 Å². The summed E-state index contributed by atoms with van der Waals surface area (Å²) in [6.45, 7) is 2.80. The zero-order valence-corrected chi connectivity index (χ0v) is 12.9. The summed E-state index contributed by atoms with van der Waals surface area (Å²) in [6, 6.07) is 6.77. The van der Waals surface area contributed by atoms with E-state index in [4.69, 9.17) is 5.73 Å². The Hall–Kier alpha value is -1.39. The van der Waals surface area contributed by atoms with Crippen molar-refractivity contribution in [1.29, 1.82) is 0 Å². The summed E-state index contributed by atoms with van der Waals surface area (Å²) in [5.41, 5.74) is 10.0. The number of hydrogen-bond donors (Lipinski definition) is 1. The second-order valence-electron chi connectivity index (χ2n) is 5.49. The van der Waals surface area contributed by atoms with E-state index in [1.807, 2.05) is 6.92 Å². The number of benzene rings is 1. The van der Waals surface area contributed by atoms with Gasteiger partial charge in [0.15, 0.2) is 0 Å². The lowest BCUT2D eigenvalue weighted by Gasteiger charge is -2.26. The minimum atomic E-state index is 0.541. The predicted octanol–water partition coefficient (Wildman–Crippen LogP) is 3.60. The first-order valence-corrected chi connectivity index (χ1v) is 8.05. The summed E-state index contributed by atoms with van der Waals surface area (Å²) >= 11 is 1.69. The Balaban J connectivity index is 1.92. The van der Waals surface area contributed by atoms with Gasteiger partial charge in [0.2, 0.25) is 0 Å². The topological polar surface area (TPSA) is 42.2 Å². The number of hydrogen-bond acceptors (Lipinski definition) is 4. The van der Waals surface area contributed by atoms with Gasteiger partial charge >= 0.3 is 0 Å². The molecule has 1 aliphatic carbocycles. The van der Waals surface area contributed by atoms with Crippen LogP contribution < -0.4 is 10.6 Å². The van der Waals surface area contributed by atoms with Crippen molar-refractivity contribution in [3.8, 4) is 0 Å². The van der Waals surface area contributed by atoms with Gasteiger partial charge < -0.3 is 10.6 Å². The van der Waals surface area contributed by atoms with Gasteiger partial charge in [0.1, 0.15) is 5.82 Å². The van der Waals surface area contributed by atoms with E-state index in [1.54, 1.807) is 11.3 Å². The molecule has 3 rings (SSSR count). The number of nitrogens with zero attached hydrogens (tertiary/aromatic N) is 2. The molecule has 2 N–H and O–H groups in total. The Morgan fingerprint density at radius 2 is 2.30 bits per heavy atom. The molecule has 0 bridgehead atoms. The summed E-state index contributed by atoms with van der Waals surface area (Å²) in [5.74, 6) is 1.57. The van der Waals surface area contributed by atoms with Crippen LogP contribution in [0.5, 0.6) is 0 Å². The number of fused-ring (bicyclic) bond motifs is 1. The number of thiazole rings is 1. The Morgan fingerprint density at radius 1 is 1.45 bits per heavy atom. The van der Waals surface area contributed by atoms with E-state index in [-0.39, 0.29) is 0 Å². The van der Waals surface area contributed by atoms with Crippen molar-refractivity contribution in [2.75, 3.05) is 18.5 Å². The summed E-state index contributed by atoms with van der Waals surface area (Å²) in [6.07, 6.45) is 3.64. The average molecular weight is 287 g/mol. The Labute approximate surface area is 124 Å². The lowest BCUT2D eigenvalue weighted by atomic mass is 9.82. The van der Waals surface area contributed by atoms with E-state index < -0.39 is 0 Å². The average Bonchev–Trinajstić information content (AvgIpc) is 2.91. The van der Waals surface area contributed by atoms with Crippen LogP contribution in [0.25, 0.3) is 0 Å². The van der Waals surface area contributed by atoms with Crippen LogP contribution in [0.15, 0.2) is 23.6 Å². The number of aryl methyl sites for hydroxylation is 2. The first kappa shape index (κ1) is 13.6. The van der Waals surface area contributed by atoms with E-state index in [0.29, 0.717) is 5.92 Å². The second-order valence-corrected chi connectivity index (χ2v) is 6.55. The number of nitrogens with two attached hydrogens (primary N) is 1. The minimum Gasteiger partial charge on any atom is -0.330 e. The van der Waals surface area contributed by atoms with Crippen LogP contribution in [-0.4, -0.2) is 18.6 Å². The monoisotopic (exact) mass is 287 g/mol. The van der Waals surface area contributed by atoms with Gasteiger partial charge in [-0.1, -0.05) is 6.07 Å². The maximum absolute atomic E-state index is 5.89. The normalized spacial score (nSPS) is 17.9. The molecule has 0 fully saturated rings. The van der Waals surface area contributed by atoms with Gasteiger partial charge in [-0.25, -0.2) is 4.98 Å². The Bertz CT molecular complexity index is 606. The highest BCUT2D eigenvalue weighted by Gasteiger charge is 2.20. The fraction of sp³-hybridized carbons (Fsp3) is 0.438. The zero-order valence-electron chi connectivity index (χ0n) is 12.1. The van der Waals surface area contributed by atoms with E-state index >= 15 is 0 Å². The van der Waals surface area contributed by atoms with Gasteiger partial charge in [-0.2, -0.15) is 0 Å². The van der Waals surface area contributed by atoms with Gasteiger partial charge in [-0.05, 0) is 61.9 Å². The predicted molar refractivity (Wildman–Crippen MR) is 86.1 cm³/mol. The number of anilines is 2. The second kappa shape index (κ2) is 5.54. The summed E-state index contributed by atoms with van der Waals surface area (Å²) < 4.78 is 0. The molecule has 3 nitrogen and oxygen atoms in total. The Morgan fingerprint density at radius 3 is 3.00 bits per heavy atom. The van der Waals surface area contributed by atoms with Crippen molar-refractivity contribution in [2.24, 2.45) is 5.73 Å². The fourth-order valence-electron chi connectivity index (χ4n) is 2.99.